The van der Waals surface area contributed by atoms with Crippen LogP contribution in [0, 0.1) is 23.2 Å². The smallest absolute Gasteiger partial charge is 0.267 e. The van der Waals surface area contributed by atoms with Crippen molar-refractivity contribution >= 4 is 11.8 Å². The highest BCUT2D eigenvalue weighted by molar-refractivity contribution is 5.93. The van der Waals surface area contributed by atoms with E-state index in [1.165, 1.54) is 4.90 Å². The number of rotatable bonds is 4. The van der Waals surface area contributed by atoms with Gasteiger partial charge in [0.1, 0.15) is 11.8 Å². The van der Waals surface area contributed by atoms with Crippen molar-refractivity contribution in [3.8, 4) is 29.2 Å². The average molecular weight is 402 g/mol. The van der Waals surface area contributed by atoms with Gasteiger partial charge < -0.3 is 15.7 Å². The van der Waals surface area contributed by atoms with E-state index in [4.69, 9.17) is 5.73 Å². The zero-order valence-corrected chi connectivity index (χ0v) is 16.9. The molecular formula is C23H22N4O3. The number of nitrogens with two attached hydrogens (primary N) is 1. The molecule has 1 aromatic heterocycles. The molecule has 1 aliphatic heterocycles. The number of benzene rings is 1. The number of hydrogen-bond acceptors (Lipinski definition) is 5. The summed E-state index contributed by atoms with van der Waals surface area (Å²) in [5.41, 5.74) is 6.59. The molecule has 1 saturated heterocycles. The van der Waals surface area contributed by atoms with E-state index in [9.17, 15) is 20.0 Å². The van der Waals surface area contributed by atoms with Crippen molar-refractivity contribution in [3.63, 3.8) is 0 Å². The average Bonchev–Trinajstić information content (AvgIpc) is 3.00. The molecule has 0 unspecified atom stereocenters. The topological polar surface area (TPSA) is 120 Å². The van der Waals surface area contributed by atoms with Gasteiger partial charge in [-0.05, 0) is 30.2 Å². The van der Waals surface area contributed by atoms with Gasteiger partial charge in [-0.3, -0.25) is 9.59 Å². The lowest BCUT2D eigenvalue weighted by molar-refractivity contribution is -0.137. The van der Waals surface area contributed by atoms with E-state index >= 15 is 0 Å². The number of aliphatic hydroxyl groups is 1. The van der Waals surface area contributed by atoms with Crippen molar-refractivity contribution in [1.29, 1.82) is 5.26 Å². The first-order valence-electron chi connectivity index (χ1n) is 9.64. The van der Waals surface area contributed by atoms with E-state index in [-0.39, 0.29) is 12.1 Å². The van der Waals surface area contributed by atoms with Crippen LogP contribution in [0.5, 0.6) is 0 Å². The molecule has 3 rings (SSSR count). The van der Waals surface area contributed by atoms with Crippen molar-refractivity contribution in [2.75, 3.05) is 13.6 Å². The van der Waals surface area contributed by atoms with Crippen LogP contribution < -0.4 is 5.73 Å². The first-order chi connectivity index (χ1) is 14.3. The number of nitriles is 1. The third kappa shape index (κ3) is 4.03. The zero-order valence-electron chi connectivity index (χ0n) is 16.9. The van der Waals surface area contributed by atoms with Gasteiger partial charge in [0.05, 0.1) is 11.3 Å². The molecule has 0 radical (unpaired) electrons. The summed E-state index contributed by atoms with van der Waals surface area (Å²) in [4.78, 5) is 29.8. The molecule has 1 aliphatic rings. The Bertz CT molecular complexity index is 1120. The number of pyridine rings is 1. The van der Waals surface area contributed by atoms with Crippen molar-refractivity contribution in [2.45, 2.75) is 31.8 Å². The summed E-state index contributed by atoms with van der Waals surface area (Å²) in [7, 11) is 1.60. The Morgan fingerprint density at radius 2 is 2.10 bits per heavy atom. The number of likely N-dealkylation sites (N-methyl/N-ethyl adjacent to an activating group) is 1. The summed E-state index contributed by atoms with van der Waals surface area (Å²) in [6, 6.07) is 10.6. The fourth-order valence-corrected chi connectivity index (χ4v) is 3.38. The molecule has 0 aliphatic carbocycles. The Morgan fingerprint density at radius 1 is 1.33 bits per heavy atom. The fourth-order valence-electron chi connectivity index (χ4n) is 3.38. The molecule has 0 spiro atoms. The zero-order chi connectivity index (χ0) is 21.9. The molecule has 3 N–H and O–H groups in total. The van der Waals surface area contributed by atoms with E-state index in [1.54, 1.807) is 31.3 Å². The summed E-state index contributed by atoms with van der Waals surface area (Å²) in [6.45, 7) is 2.42. The van der Waals surface area contributed by atoms with Crippen LogP contribution in [0.25, 0.3) is 11.3 Å². The molecule has 0 bridgehead atoms. The van der Waals surface area contributed by atoms with Crippen LogP contribution in [0.2, 0.25) is 0 Å². The summed E-state index contributed by atoms with van der Waals surface area (Å²) in [5.74, 6) is 4.37. The Labute approximate surface area is 175 Å². The number of nitrogens with zero attached hydrogens (tertiary/aromatic N) is 3. The number of primary amides is 1. The molecule has 2 aromatic rings. The summed E-state index contributed by atoms with van der Waals surface area (Å²) >= 11 is 0. The van der Waals surface area contributed by atoms with Gasteiger partial charge in [0.15, 0.2) is 0 Å². The van der Waals surface area contributed by atoms with Crippen LogP contribution in [0.3, 0.4) is 0 Å². The lowest BCUT2D eigenvalue weighted by atomic mass is 9.99. The second-order valence-electron chi connectivity index (χ2n) is 7.28. The standard InChI is InChI=1S/C23H22N4O3/c1-3-4-15-7-8-19(26-20(15)21(25)28)17-5-6-18(14-24)16(13-17)9-10-23(30)11-12-27(2)22(23)29/h5-8,13,30H,3-4,11-12H2,1-2H3,(H2,25,28)/t23-/m0/s1. The van der Waals surface area contributed by atoms with Gasteiger partial charge >= 0.3 is 0 Å². The van der Waals surface area contributed by atoms with E-state index in [2.05, 4.69) is 22.9 Å². The maximum atomic E-state index is 12.1. The van der Waals surface area contributed by atoms with Gasteiger partial charge in [0.25, 0.3) is 11.8 Å². The molecule has 2 amide bonds. The Kier molecular flexibility index (Phi) is 5.86. The minimum absolute atomic E-state index is 0.208. The van der Waals surface area contributed by atoms with Crippen LogP contribution in [-0.2, 0) is 11.2 Å². The van der Waals surface area contributed by atoms with E-state index < -0.39 is 17.4 Å². The lowest BCUT2D eigenvalue weighted by Gasteiger charge is -2.13. The number of likely N-dealkylation sites (tertiary alicyclic amines) is 1. The van der Waals surface area contributed by atoms with Crippen LogP contribution >= 0.6 is 0 Å². The summed E-state index contributed by atoms with van der Waals surface area (Å²) in [6.07, 6.45) is 1.75. The number of aromatic nitrogens is 1. The highest BCUT2D eigenvalue weighted by Crippen LogP contribution is 2.24. The first-order valence-corrected chi connectivity index (χ1v) is 9.64. The second-order valence-corrected chi connectivity index (χ2v) is 7.28. The molecule has 30 heavy (non-hydrogen) atoms. The maximum Gasteiger partial charge on any atom is 0.267 e. The Balaban J connectivity index is 2.04. The van der Waals surface area contributed by atoms with Gasteiger partial charge in [0, 0.05) is 31.1 Å². The number of amides is 2. The van der Waals surface area contributed by atoms with Crippen LogP contribution in [-0.4, -0.2) is 46.0 Å². The van der Waals surface area contributed by atoms with Crippen LogP contribution in [0.4, 0.5) is 0 Å². The molecule has 7 nitrogen and oxygen atoms in total. The molecule has 152 valence electrons. The second kappa shape index (κ2) is 8.36. The quantitative estimate of drug-likeness (QED) is 0.753. The molecule has 1 aromatic carbocycles. The summed E-state index contributed by atoms with van der Waals surface area (Å²) in [5, 5.41) is 19.9. The molecule has 1 atom stereocenters. The number of hydrogen-bond donors (Lipinski definition) is 2. The van der Waals surface area contributed by atoms with Gasteiger partial charge in [-0.1, -0.05) is 37.3 Å². The summed E-state index contributed by atoms with van der Waals surface area (Å²) < 4.78 is 0. The van der Waals surface area contributed by atoms with Gasteiger partial charge in [-0.2, -0.15) is 5.26 Å². The monoisotopic (exact) mass is 402 g/mol. The minimum Gasteiger partial charge on any atom is -0.369 e. The molecule has 0 saturated carbocycles. The largest absolute Gasteiger partial charge is 0.369 e. The van der Waals surface area contributed by atoms with Crippen LogP contribution in [0.1, 0.15) is 46.9 Å². The fraction of sp³-hybridized carbons (Fsp3) is 0.304. The van der Waals surface area contributed by atoms with Crippen LogP contribution in [0.15, 0.2) is 30.3 Å². The van der Waals surface area contributed by atoms with Crippen molar-refractivity contribution in [2.24, 2.45) is 5.73 Å². The Hall–Kier alpha value is -3.68. The predicted molar refractivity (Wildman–Crippen MR) is 111 cm³/mol. The van der Waals surface area contributed by atoms with E-state index in [0.717, 1.165) is 12.0 Å². The number of carbonyl (C=O) groups excluding carboxylic acids is 2. The van der Waals surface area contributed by atoms with Gasteiger partial charge in [0.2, 0.25) is 5.60 Å². The number of carbonyl (C=O) groups is 2. The first kappa shape index (κ1) is 21.0. The van der Waals surface area contributed by atoms with Gasteiger partial charge in [-0.25, -0.2) is 4.98 Å². The molecule has 7 heteroatoms. The minimum atomic E-state index is -1.75. The third-order valence-corrected chi connectivity index (χ3v) is 5.08. The molecular weight excluding hydrogens is 380 g/mol. The molecule has 1 fully saturated rings. The van der Waals surface area contributed by atoms with E-state index in [0.29, 0.717) is 35.3 Å². The van der Waals surface area contributed by atoms with E-state index in [1.807, 2.05) is 13.0 Å². The van der Waals surface area contributed by atoms with Crippen molar-refractivity contribution < 1.29 is 14.7 Å². The van der Waals surface area contributed by atoms with Crippen molar-refractivity contribution in [3.05, 3.63) is 52.7 Å². The number of aryl methyl sites for hydroxylation is 1. The molecule has 2 heterocycles. The highest BCUT2D eigenvalue weighted by Gasteiger charge is 2.42. The normalized spacial score (nSPS) is 17.9. The third-order valence-electron chi connectivity index (χ3n) is 5.08. The van der Waals surface area contributed by atoms with Crippen molar-refractivity contribution in [1.82, 2.24) is 9.88 Å². The van der Waals surface area contributed by atoms with Gasteiger partial charge in [-0.15, -0.1) is 0 Å². The predicted octanol–water partition coefficient (Wildman–Crippen LogP) is 1.62. The SMILES string of the molecule is CCCc1ccc(-c2ccc(C#N)c(C#C[C@]3(O)CCN(C)C3=O)c2)nc1C(N)=O. The highest BCUT2D eigenvalue weighted by atomic mass is 16.3. The lowest BCUT2D eigenvalue weighted by Crippen LogP contribution is -2.37. The maximum absolute atomic E-state index is 12.1. The Morgan fingerprint density at radius 3 is 2.70 bits per heavy atom.